The van der Waals surface area contributed by atoms with Crippen LogP contribution in [0.2, 0.25) is 0 Å². The van der Waals surface area contributed by atoms with Gasteiger partial charge in [-0.1, -0.05) is 6.07 Å². The number of nitrogens with one attached hydrogen (secondary N) is 1. The number of likely N-dealkylation sites (tertiary alicyclic amines) is 1. The molecule has 0 spiro atoms. The number of carboxylic acid groups (broad SMARTS) is 1. The zero-order valence-electron chi connectivity index (χ0n) is 14.0. The fraction of sp³-hybridized carbons (Fsp3) is 0.400. The first-order valence-electron chi connectivity index (χ1n) is 7.62. The number of hydrogen-bond acceptors (Lipinski definition) is 7. The molecule has 3 atom stereocenters. The van der Waals surface area contributed by atoms with Crippen LogP contribution in [0.5, 0.6) is 0 Å². The quantitative estimate of drug-likeness (QED) is 0.243. The van der Waals surface area contributed by atoms with Crippen LogP contribution in [0.4, 0.5) is 0 Å². The van der Waals surface area contributed by atoms with Crippen LogP contribution < -0.4 is 5.43 Å². The lowest BCUT2D eigenvalue weighted by Gasteiger charge is -2.45. The minimum atomic E-state index is -3.34. The number of aromatic nitrogens is 1. The van der Waals surface area contributed by atoms with Gasteiger partial charge in [0.15, 0.2) is 16.7 Å². The Morgan fingerprint density at radius 2 is 2.19 bits per heavy atom. The minimum Gasteiger partial charge on any atom is -0.480 e. The van der Waals surface area contributed by atoms with E-state index in [1.54, 1.807) is 19.1 Å². The van der Waals surface area contributed by atoms with Crippen molar-refractivity contribution in [3.63, 3.8) is 0 Å². The van der Waals surface area contributed by atoms with Crippen molar-refractivity contribution in [1.29, 1.82) is 0 Å². The fourth-order valence-electron chi connectivity index (χ4n) is 2.63. The molecule has 0 radical (unpaired) electrons. The van der Waals surface area contributed by atoms with Crippen molar-refractivity contribution in [1.82, 2.24) is 15.3 Å². The maximum Gasteiger partial charge on any atom is 0.328 e. The Hall–Kier alpha value is -2.82. The largest absolute Gasteiger partial charge is 0.480 e. The molecule has 0 saturated carbocycles. The van der Waals surface area contributed by atoms with E-state index in [4.69, 9.17) is 0 Å². The molecule has 1 aromatic rings. The Morgan fingerprint density at radius 3 is 2.65 bits per heavy atom. The van der Waals surface area contributed by atoms with Crippen LogP contribution >= 0.6 is 0 Å². The summed E-state index contributed by atoms with van der Waals surface area (Å²) < 4.78 is 21.6. The first-order chi connectivity index (χ1) is 12.2. The van der Waals surface area contributed by atoms with Gasteiger partial charge in [-0.15, -0.1) is 0 Å². The molecule has 2 rings (SSSR count). The van der Waals surface area contributed by atoms with Crippen LogP contribution in [0.15, 0.2) is 29.5 Å². The van der Waals surface area contributed by atoms with Gasteiger partial charge >= 0.3 is 5.97 Å². The van der Waals surface area contributed by atoms with E-state index in [1.165, 1.54) is 12.3 Å². The number of nitrogens with zero attached hydrogens (tertiary/aromatic N) is 3. The van der Waals surface area contributed by atoms with Gasteiger partial charge in [0.2, 0.25) is 5.91 Å². The number of carbonyl (C=O) groups is 3. The summed E-state index contributed by atoms with van der Waals surface area (Å²) in [5.74, 6) is -2.63. The number of amides is 2. The lowest BCUT2D eigenvalue weighted by atomic mass is 9.92. The lowest BCUT2D eigenvalue weighted by molar-refractivity contribution is -0.161. The molecule has 1 aromatic heterocycles. The topological polar surface area (TPSA) is 146 Å². The number of thiol groups is 1. The average Bonchev–Trinajstić information content (AvgIpc) is 2.59. The third-order valence-corrected chi connectivity index (χ3v) is 5.23. The molecule has 11 heteroatoms. The molecule has 10 nitrogen and oxygen atoms in total. The van der Waals surface area contributed by atoms with E-state index in [2.05, 4.69) is 15.5 Å². The predicted octanol–water partition coefficient (Wildman–Crippen LogP) is -0.759. The van der Waals surface area contributed by atoms with E-state index in [0.717, 1.165) is 18.0 Å². The van der Waals surface area contributed by atoms with Crippen molar-refractivity contribution in [3.8, 4) is 0 Å². The molecule has 2 heterocycles. The molecular formula is C15H18N4O6S. The molecule has 140 valence electrons. The van der Waals surface area contributed by atoms with Gasteiger partial charge in [0.05, 0.1) is 0 Å². The van der Waals surface area contributed by atoms with E-state index in [-0.39, 0.29) is 12.1 Å². The van der Waals surface area contributed by atoms with Gasteiger partial charge < -0.3 is 10.0 Å². The number of hydrazone groups is 1. The maximum absolute atomic E-state index is 11.9. The molecule has 26 heavy (non-hydrogen) atoms. The Kier molecular flexibility index (Phi) is 5.70. The highest BCUT2D eigenvalue weighted by atomic mass is 32.2. The third-order valence-electron chi connectivity index (χ3n) is 4.08. The lowest BCUT2D eigenvalue weighted by Crippen LogP contribution is -2.66. The van der Waals surface area contributed by atoms with E-state index >= 15 is 0 Å². The van der Waals surface area contributed by atoms with Gasteiger partial charge in [-0.05, 0) is 26.0 Å². The van der Waals surface area contributed by atoms with Gasteiger partial charge in [-0.2, -0.15) is 5.10 Å². The van der Waals surface area contributed by atoms with Gasteiger partial charge in [-0.3, -0.25) is 14.6 Å². The molecule has 2 amide bonds. The summed E-state index contributed by atoms with van der Waals surface area (Å²) in [6.07, 6.45) is 2.36. The van der Waals surface area contributed by atoms with Crippen molar-refractivity contribution >= 4 is 34.7 Å². The molecule has 1 saturated heterocycles. The molecular weight excluding hydrogens is 364 g/mol. The number of carboxylic acids is 1. The van der Waals surface area contributed by atoms with Crippen molar-refractivity contribution < 1.29 is 27.9 Å². The fourth-order valence-corrected chi connectivity index (χ4v) is 3.22. The predicted molar refractivity (Wildman–Crippen MR) is 91.3 cm³/mol. The van der Waals surface area contributed by atoms with Gasteiger partial charge in [0.1, 0.15) is 10.4 Å². The zero-order valence-corrected chi connectivity index (χ0v) is 14.9. The second kappa shape index (κ2) is 7.60. The summed E-state index contributed by atoms with van der Waals surface area (Å²) in [6.45, 7) is 2.75. The van der Waals surface area contributed by atoms with Crippen molar-refractivity contribution in [3.05, 3.63) is 30.1 Å². The number of rotatable bonds is 7. The molecule has 1 aliphatic rings. The van der Waals surface area contributed by atoms with Crippen LogP contribution in [0.3, 0.4) is 0 Å². The number of pyridine rings is 1. The first kappa shape index (κ1) is 19.5. The summed E-state index contributed by atoms with van der Waals surface area (Å²) in [7, 11) is -3.34. The van der Waals surface area contributed by atoms with E-state index in [1.807, 2.05) is 0 Å². The van der Waals surface area contributed by atoms with Gasteiger partial charge in [0, 0.05) is 24.9 Å². The number of carbonyl (C=O) groups excluding carboxylic acids is 2. The Balaban J connectivity index is 2.26. The summed E-state index contributed by atoms with van der Waals surface area (Å²) in [6, 6.07) is 2.56. The van der Waals surface area contributed by atoms with Crippen LogP contribution in [-0.4, -0.2) is 64.2 Å². The van der Waals surface area contributed by atoms with Gasteiger partial charge in [-0.25, -0.2) is 18.6 Å². The second-order valence-electron chi connectivity index (χ2n) is 5.99. The van der Waals surface area contributed by atoms with Gasteiger partial charge in [0.25, 0.3) is 5.91 Å². The molecule has 0 aliphatic carbocycles. The Morgan fingerprint density at radius 1 is 1.50 bits per heavy atom. The number of aliphatic carboxylic acids is 1. The zero-order chi connectivity index (χ0) is 19.5. The normalized spacial score (nSPS) is 20.5. The summed E-state index contributed by atoms with van der Waals surface area (Å²) in [5.41, 5.74) is 2.16. The highest BCUT2D eigenvalue weighted by Gasteiger charge is 2.52. The minimum absolute atomic E-state index is 0.0548. The Bertz CT molecular complexity index is 817. The van der Waals surface area contributed by atoms with Crippen LogP contribution in [0.25, 0.3) is 0 Å². The molecule has 0 aromatic carbocycles. The molecule has 1 aliphatic heterocycles. The summed E-state index contributed by atoms with van der Waals surface area (Å²) in [5, 5.41) is 13.1. The smallest absolute Gasteiger partial charge is 0.328 e. The molecule has 2 N–H and O–H groups in total. The number of hydrogen-bond donors (Lipinski definition) is 3. The summed E-state index contributed by atoms with van der Waals surface area (Å²) >= 11 is 0. The van der Waals surface area contributed by atoms with Crippen LogP contribution in [0.1, 0.15) is 30.8 Å². The molecule has 1 fully saturated rings. The van der Waals surface area contributed by atoms with E-state index < -0.39 is 45.3 Å². The first-order valence-corrected chi connectivity index (χ1v) is 8.80. The molecule has 0 unspecified atom stereocenters. The molecule has 0 bridgehead atoms. The average molecular weight is 382 g/mol. The van der Waals surface area contributed by atoms with Crippen molar-refractivity contribution in [2.24, 2.45) is 5.10 Å². The van der Waals surface area contributed by atoms with Crippen molar-refractivity contribution in [2.45, 2.75) is 37.1 Å². The van der Waals surface area contributed by atoms with E-state index in [0.29, 0.717) is 0 Å². The number of β-lactam (4-membered cyclic amide) rings is 1. The van der Waals surface area contributed by atoms with Crippen molar-refractivity contribution in [2.75, 3.05) is 0 Å². The Labute approximate surface area is 150 Å². The summed E-state index contributed by atoms with van der Waals surface area (Å²) in [4.78, 5) is 40.1. The highest BCUT2D eigenvalue weighted by Crippen LogP contribution is 2.29. The van der Waals surface area contributed by atoms with Crippen LogP contribution in [-0.2, 0) is 20.3 Å². The maximum atomic E-state index is 11.9. The third kappa shape index (κ3) is 3.72. The monoisotopic (exact) mass is 382 g/mol. The second-order valence-corrected chi connectivity index (χ2v) is 7.47. The SMILES string of the molecule is C[C@@H]1CC(=O)N1[C@@H](C(=O)O)[C@](C)(/C=N/NC(=O)c1ccccn1)[SH](=O)=O. The van der Waals surface area contributed by atoms with Crippen LogP contribution in [0, 0.1) is 0 Å². The van der Waals surface area contributed by atoms with E-state index in [9.17, 15) is 27.9 Å². The highest BCUT2D eigenvalue weighted by molar-refractivity contribution is 7.75. The standard InChI is InChI=1S/C15H18N4O6S/c1-9-7-11(20)19(9)12(14(22)23)15(2,26(24)25)8-17-18-13(21)10-5-3-4-6-16-10/h3-6,8-9,12,26H,7H2,1-2H3,(H,18,21)(H,22,23)/b17-8+/t9-,12+,15+/m1/s1.